The molecule has 0 aliphatic carbocycles. The van der Waals surface area contributed by atoms with Crippen molar-refractivity contribution in [1.82, 2.24) is 9.80 Å². The maximum absolute atomic E-state index is 12.6. The molecule has 0 aromatic heterocycles. The van der Waals surface area contributed by atoms with Gasteiger partial charge in [-0.3, -0.25) is 24.2 Å². The number of benzene rings is 1. The van der Waals surface area contributed by atoms with Crippen LogP contribution in [0.1, 0.15) is 38.8 Å². The number of ether oxygens (including phenoxy) is 1. The van der Waals surface area contributed by atoms with Gasteiger partial charge < -0.3 is 4.74 Å². The predicted molar refractivity (Wildman–Crippen MR) is 97.3 cm³/mol. The quantitative estimate of drug-likeness (QED) is 0.766. The Balaban J connectivity index is 1.51. The highest BCUT2D eigenvalue weighted by molar-refractivity contribution is 6.04. The van der Waals surface area contributed by atoms with Crippen molar-refractivity contribution in [3.05, 3.63) is 47.0 Å². The van der Waals surface area contributed by atoms with Gasteiger partial charge >= 0.3 is 0 Å². The van der Waals surface area contributed by atoms with Crippen LogP contribution in [0.2, 0.25) is 0 Å². The van der Waals surface area contributed by atoms with Gasteiger partial charge in [0.25, 0.3) is 0 Å². The molecule has 4 atom stereocenters. The molecule has 0 saturated carbocycles. The van der Waals surface area contributed by atoms with Crippen LogP contribution < -0.4 is 0 Å². The minimum Gasteiger partial charge on any atom is -0.436 e. The molecule has 142 valence electrons. The minimum absolute atomic E-state index is 0.0664. The van der Waals surface area contributed by atoms with Crippen LogP contribution in [-0.4, -0.2) is 27.5 Å². The fraction of sp³-hybridized carbons (Fsp3) is 0.476. The smallest absolute Gasteiger partial charge is 0.242 e. The molecule has 0 N–H and O–H groups in total. The van der Waals surface area contributed by atoms with Crippen molar-refractivity contribution < 1.29 is 19.1 Å². The van der Waals surface area contributed by atoms with Gasteiger partial charge in [0, 0.05) is 23.7 Å². The summed E-state index contributed by atoms with van der Waals surface area (Å²) in [6.07, 6.45) is 0. The molecule has 4 rings (SSSR count). The standard InChI is InChI=1S/C21H24N2O4/c1-11-12(2)20(26)23(21-17(11)27-21)10-16-7-5-6-15(8-16)9-22-18(24)13(3)14(4)19(22)25/h5-8,11-14H,9-10H2,1-4H3. The molecule has 6 nitrogen and oxygen atoms in total. The Labute approximate surface area is 158 Å². The van der Waals surface area contributed by atoms with Crippen LogP contribution >= 0.6 is 0 Å². The summed E-state index contributed by atoms with van der Waals surface area (Å²) in [5, 5.41) is 0. The summed E-state index contributed by atoms with van der Waals surface area (Å²) < 4.78 is 5.55. The van der Waals surface area contributed by atoms with Crippen molar-refractivity contribution in [3.63, 3.8) is 0 Å². The van der Waals surface area contributed by atoms with Gasteiger partial charge in [-0.1, -0.05) is 52.0 Å². The fourth-order valence-corrected chi connectivity index (χ4v) is 3.87. The van der Waals surface area contributed by atoms with E-state index in [1.807, 2.05) is 38.1 Å². The summed E-state index contributed by atoms with van der Waals surface area (Å²) in [7, 11) is 0. The van der Waals surface area contributed by atoms with Crippen molar-refractivity contribution in [1.29, 1.82) is 0 Å². The molecule has 3 aliphatic heterocycles. The highest BCUT2D eigenvalue weighted by atomic mass is 16.6. The largest absolute Gasteiger partial charge is 0.436 e. The molecule has 3 amide bonds. The lowest BCUT2D eigenvalue weighted by Crippen LogP contribution is -2.36. The van der Waals surface area contributed by atoms with E-state index in [0.29, 0.717) is 12.4 Å². The third-order valence-electron chi connectivity index (χ3n) is 6.17. The Bertz CT molecular complexity index is 855. The van der Waals surface area contributed by atoms with Gasteiger partial charge in [0.2, 0.25) is 23.6 Å². The van der Waals surface area contributed by atoms with Crippen molar-refractivity contribution in [2.75, 3.05) is 0 Å². The predicted octanol–water partition coefficient (Wildman–Crippen LogP) is 2.64. The van der Waals surface area contributed by atoms with Crippen LogP contribution in [0.15, 0.2) is 35.9 Å². The first-order chi connectivity index (χ1) is 12.8. The van der Waals surface area contributed by atoms with Crippen LogP contribution in [-0.2, 0) is 32.2 Å². The van der Waals surface area contributed by atoms with E-state index in [1.54, 1.807) is 18.7 Å². The summed E-state index contributed by atoms with van der Waals surface area (Å²) in [6.45, 7) is 8.23. The molecule has 6 heteroatoms. The Hall–Kier alpha value is -2.63. The second-order valence-electron chi connectivity index (χ2n) is 7.93. The van der Waals surface area contributed by atoms with Crippen LogP contribution in [0.25, 0.3) is 0 Å². The summed E-state index contributed by atoms with van der Waals surface area (Å²) >= 11 is 0. The number of rotatable bonds is 4. The molecule has 27 heavy (non-hydrogen) atoms. The van der Waals surface area contributed by atoms with Gasteiger partial charge in [0.05, 0.1) is 13.1 Å². The molecule has 1 saturated heterocycles. The summed E-state index contributed by atoms with van der Waals surface area (Å²) in [4.78, 5) is 40.3. The van der Waals surface area contributed by atoms with Crippen LogP contribution in [0.5, 0.6) is 0 Å². The zero-order chi connectivity index (χ0) is 19.5. The van der Waals surface area contributed by atoms with Crippen LogP contribution in [0.4, 0.5) is 0 Å². The van der Waals surface area contributed by atoms with E-state index in [2.05, 4.69) is 0 Å². The summed E-state index contributed by atoms with van der Waals surface area (Å²) in [5.74, 6) is 0.916. The lowest BCUT2D eigenvalue weighted by molar-refractivity contribution is -0.140. The highest BCUT2D eigenvalue weighted by Gasteiger charge is 2.48. The van der Waals surface area contributed by atoms with E-state index in [9.17, 15) is 14.4 Å². The first-order valence-corrected chi connectivity index (χ1v) is 9.46. The first-order valence-electron chi connectivity index (χ1n) is 9.46. The number of hydrogen-bond donors (Lipinski definition) is 0. The van der Waals surface area contributed by atoms with Crippen molar-refractivity contribution in [2.45, 2.75) is 40.8 Å². The lowest BCUT2D eigenvalue weighted by Gasteiger charge is -2.25. The van der Waals surface area contributed by atoms with Gasteiger partial charge in [0.1, 0.15) is 0 Å². The van der Waals surface area contributed by atoms with E-state index in [4.69, 9.17) is 4.74 Å². The Morgan fingerprint density at radius 1 is 0.778 bits per heavy atom. The second kappa shape index (κ2) is 6.22. The maximum atomic E-state index is 12.6. The Morgan fingerprint density at radius 3 is 1.85 bits per heavy atom. The molecular weight excluding hydrogens is 344 g/mol. The zero-order valence-corrected chi connectivity index (χ0v) is 16.1. The number of allylic oxidation sites excluding steroid dienone is 1. The molecule has 0 bridgehead atoms. The van der Waals surface area contributed by atoms with E-state index >= 15 is 0 Å². The molecule has 3 aliphatic rings. The van der Waals surface area contributed by atoms with Gasteiger partial charge in [-0.15, -0.1) is 0 Å². The van der Waals surface area contributed by atoms with Gasteiger partial charge in [-0.25, -0.2) is 0 Å². The number of nitrogens with zero attached hydrogens (tertiary/aromatic N) is 2. The SMILES string of the molecule is CC1C(=O)N(Cc2cccc(CN3C(=O)C(C)C(C)C4=C3O4)c2)C(=O)C1C. The van der Waals surface area contributed by atoms with Crippen molar-refractivity contribution in [3.8, 4) is 0 Å². The zero-order valence-electron chi connectivity index (χ0n) is 16.1. The second-order valence-corrected chi connectivity index (χ2v) is 7.93. The van der Waals surface area contributed by atoms with Crippen LogP contribution in [0, 0.1) is 23.7 Å². The topological polar surface area (TPSA) is 70.2 Å². The molecule has 1 aromatic carbocycles. The normalized spacial score (nSPS) is 30.0. The molecular formula is C21H24N2O4. The number of carbonyl (C=O) groups excluding carboxylic acids is 3. The van der Waals surface area contributed by atoms with Gasteiger partial charge in [0.15, 0.2) is 5.76 Å². The average Bonchev–Trinajstić information content (AvgIpc) is 3.43. The number of carbonyl (C=O) groups is 3. The molecule has 1 fully saturated rings. The van der Waals surface area contributed by atoms with E-state index in [-0.39, 0.29) is 47.9 Å². The number of likely N-dealkylation sites (tertiary alicyclic amines) is 1. The number of amides is 3. The molecule has 4 unspecified atom stereocenters. The average molecular weight is 368 g/mol. The van der Waals surface area contributed by atoms with Gasteiger partial charge in [-0.2, -0.15) is 0 Å². The van der Waals surface area contributed by atoms with E-state index < -0.39 is 0 Å². The maximum Gasteiger partial charge on any atom is 0.242 e. The molecule has 0 radical (unpaired) electrons. The molecule has 3 heterocycles. The first kappa shape index (κ1) is 17.8. The Kier molecular flexibility index (Phi) is 4.09. The highest BCUT2D eigenvalue weighted by Crippen LogP contribution is 2.45. The van der Waals surface area contributed by atoms with E-state index in [1.165, 1.54) is 4.90 Å². The number of imide groups is 1. The van der Waals surface area contributed by atoms with Crippen LogP contribution in [0.3, 0.4) is 0 Å². The van der Waals surface area contributed by atoms with E-state index in [0.717, 1.165) is 16.9 Å². The monoisotopic (exact) mass is 368 g/mol. The lowest BCUT2D eigenvalue weighted by atomic mass is 9.91. The number of hydrogen-bond acceptors (Lipinski definition) is 4. The molecule has 1 aromatic rings. The van der Waals surface area contributed by atoms with Crippen molar-refractivity contribution >= 4 is 17.7 Å². The summed E-state index contributed by atoms with van der Waals surface area (Å²) in [6, 6.07) is 7.69. The molecule has 0 spiro atoms. The van der Waals surface area contributed by atoms with Crippen molar-refractivity contribution in [2.24, 2.45) is 23.7 Å². The minimum atomic E-state index is -0.271. The Morgan fingerprint density at radius 2 is 1.26 bits per heavy atom. The summed E-state index contributed by atoms with van der Waals surface area (Å²) in [5.41, 5.74) is 1.83. The van der Waals surface area contributed by atoms with Gasteiger partial charge in [-0.05, 0) is 11.1 Å². The fourth-order valence-electron chi connectivity index (χ4n) is 3.87. The third-order valence-corrected chi connectivity index (χ3v) is 6.17. The third kappa shape index (κ3) is 2.83.